The van der Waals surface area contributed by atoms with Gasteiger partial charge in [-0.2, -0.15) is 0 Å². The van der Waals surface area contributed by atoms with E-state index in [0.717, 1.165) is 31.4 Å². The largest absolute Gasteiger partial charge is 0.445 e. The molecule has 0 radical (unpaired) electrons. The summed E-state index contributed by atoms with van der Waals surface area (Å²) >= 11 is 0. The second-order valence-electron chi connectivity index (χ2n) is 8.51. The van der Waals surface area contributed by atoms with Gasteiger partial charge in [-0.05, 0) is 51.5 Å². The third-order valence-electron chi connectivity index (χ3n) is 4.78. The number of ether oxygens (including phenoxy) is 3. The lowest BCUT2D eigenvalue weighted by molar-refractivity contribution is 0.0111. The van der Waals surface area contributed by atoms with Crippen LogP contribution in [0.3, 0.4) is 0 Å². The molecular formula is C22H34N2O5. The summed E-state index contributed by atoms with van der Waals surface area (Å²) in [5, 5.41) is 2.79. The summed E-state index contributed by atoms with van der Waals surface area (Å²) in [7, 11) is 1.71. The molecule has 1 aromatic carbocycles. The van der Waals surface area contributed by atoms with E-state index in [0.29, 0.717) is 19.1 Å². The zero-order valence-corrected chi connectivity index (χ0v) is 18.0. The minimum atomic E-state index is -0.577. The first-order valence-corrected chi connectivity index (χ1v) is 10.2. The maximum atomic E-state index is 12.5. The third-order valence-corrected chi connectivity index (χ3v) is 4.78. The smallest absolute Gasteiger partial charge is 0.410 e. The third kappa shape index (κ3) is 8.73. The van der Waals surface area contributed by atoms with Crippen molar-refractivity contribution in [3.8, 4) is 0 Å². The van der Waals surface area contributed by atoms with Crippen molar-refractivity contribution in [1.29, 1.82) is 0 Å². The Morgan fingerprint density at radius 2 is 2.00 bits per heavy atom. The van der Waals surface area contributed by atoms with Crippen molar-refractivity contribution < 1.29 is 23.8 Å². The Morgan fingerprint density at radius 3 is 2.62 bits per heavy atom. The van der Waals surface area contributed by atoms with Gasteiger partial charge in [-0.1, -0.05) is 30.3 Å². The summed E-state index contributed by atoms with van der Waals surface area (Å²) < 4.78 is 16.3. The van der Waals surface area contributed by atoms with E-state index in [1.54, 1.807) is 11.9 Å². The molecule has 0 spiro atoms. The number of likely N-dealkylation sites (N-methyl/N-ethyl adjacent to an activating group) is 1. The standard InChI is InChI=1S/C22H34N2O5/c1-22(2,3)29-21(26)24(4)19(13-18-11-8-12-27-15-18)14-23-20(25)28-16-17-9-6-5-7-10-17/h5-7,9-10,18-19H,8,11-16H2,1-4H3,(H,23,25)/t18?,19-/m0/s1. The topological polar surface area (TPSA) is 77.1 Å². The predicted octanol–water partition coefficient (Wildman–Crippen LogP) is 3.97. The quantitative estimate of drug-likeness (QED) is 0.741. The van der Waals surface area contributed by atoms with Gasteiger partial charge in [0.05, 0.1) is 6.04 Å². The fourth-order valence-electron chi connectivity index (χ4n) is 3.21. The maximum Gasteiger partial charge on any atom is 0.410 e. The van der Waals surface area contributed by atoms with Crippen molar-refractivity contribution in [2.24, 2.45) is 5.92 Å². The molecule has 1 unspecified atom stereocenters. The van der Waals surface area contributed by atoms with Gasteiger partial charge in [-0.25, -0.2) is 9.59 Å². The van der Waals surface area contributed by atoms with E-state index in [1.807, 2.05) is 51.1 Å². The summed E-state index contributed by atoms with van der Waals surface area (Å²) in [4.78, 5) is 26.2. The highest BCUT2D eigenvalue weighted by atomic mass is 16.6. The van der Waals surface area contributed by atoms with Gasteiger partial charge in [0.1, 0.15) is 12.2 Å². The molecule has 1 saturated heterocycles. The number of rotatable bonds is 7. The number of carbonyl (C=O) groups excluding carboxylic acids is 2. The summed E-state index contributed by atoms with van der Waals surface area (Å²) in [6, 6.07) is 9.30. The zero-order valence-electron chi connectivity index (χ0n) is 18.0. The molecule has 162 valence electrons. The number of nitrogens with zero attached hydrogens (tertiary/aromatic N) is 1. The van der Waals surface area contributed by atoms with Crippen molar-refractivity contribution in [3.05, 3.63) is 35.9 Å². The summed E-state index contributed by atoms with van der Waals surface area (Å²) in [6.07, 6.45) is 1.89. The Balaban J connectivity index is 1.90. The molecule has 1 heterocycles. The van der Waals surface area contributed by atoms with Gasteiger partial charge >= 0.3 is 12.2 Å². The van der Waals surface area contributed by atoms with Crippen molar-refractivity contribution in [1.82, 2.24) is 10.2 Å². The van der Waals surface area contributed by atoms with Crippen LogP contribution in [0.25, 0.3) is 0 Å². The number of benzene rings is 1. The van der Waals surface area contributed by atoms with Crippen LogP contribution >= 0.6 is 0 Å². The molecule has 1 N–H and O–H groups in total. The lowest BCUT2D eigenvalue weighted by atomic mass is 9.94. The van der Waals surface area contributed by atoms with Crippen molar-refractivity contribution in [2.45, 2.75) is 58.3 Å². The first-order valence-electron chi connectivity index (χ1n) is 10.2. The molecule has 2 rings (SSSR count). The number of hydrogen-bond acceptors (Lipinski definition) is 5. The van der Waals surface area contributed by atoms with Crippen molar-refractivity contribution in [2.75, 3.05) is 26.8 Å². The fraction of sp³-hybridized carbons (Fsp3) is 0.636. The van der Waals surface area contributed by atoms with E-state index < -0.39 is 17.8 Å². The molecule has 29 heavy (non-hydrogen) atoms. The van der Waals surface area contributed by atoms with Gasteiger partial charge in [0, 0.05) is 26.8 Å². The second-order valence-corrected chi connectivity index (χ2v) is 8.51. The molecule has 1 aliphatic heterocycles. The van der Waals surface area contributed by atoms with Crippen LogP contribution in [0.15, 0.2) is 30.3 Å². The number of hydrogen-bond donors (Lipinski definition) is 1. The summed E-state index contributed by atoms with van der Waals surface area (Å²) in [6.45, 7) is 7.46. The number of alkyl carbamates (subject to hydrolysis) is 1. The maximum absolute atomic E-state index is 12.5. The molecule has 1 fully saturated rings. The first-order chi connectivity index (χ1) is 13.7. The van der Waals surface area contributed by atoms with Crippen LogP contribution < -0.4 is 5.32 Å². The monoisotopic (exact) mass is 406 g/mol. The Kier molecular flexibility index (Phi) is 8.76. The average molecular weight is 407 g/mol. The molecule has 7 nitrogen and oxygen atoms in total. The Bertz CT molecular complexity index is 638. The van der Waals surface area contributed by atoms with Gasteiger partial charge < -0.3 is 24.4 Å². The zero-order chi connectivity index (χ0) is 21.3. The predicted molar refractivity (Wildman–Crippen MR) is 111 cm³/mol. The molecule has 1 aliphatic rings. The van der Waals surface area contributed by atoms with Crippen LogP contribution in [-0.2, 0) is 20.8 Å². The minimum Gasteiger partial charge on any atom is -0.445 e. The second kappa shape index (κ2) is 11.0. The van der Waals surface area contributed by atoms with E-state index in [1.165, 1.54) is 0 Å². The lowest BCUT2D eigenvalue weighted by Crippen LogP contribution is -2.48. The number of amides is 2. The molecule has 0 saturated carbocycles. The molecule has 7 heteroatoms. The first kappa shape index (κ1) is 23.0. The van der Waals surface area contributed by atoms with Gasteiger partial charge in [-0.3, -0.25) is 0 Å². The Labute approximate surface area is 173 Å². The number of nitrogens with one attached hydrogen (secondary N) is 1. The minimum absolute atomic E-state index is 0.204. The number of carbonyl (C=O) groups is 2. The van der Waals surface area contributed by atoms with Gasteiger partial charge in [0.2, 0.25) is 0 Å². The summed E-state index contributed by atoms with van der Waals surface area (Å²) in [5.74, 6) is 0.348. The van der Waals surface area contributed by atoms with Crippen molar-refractivity contribution >= 4 is 12.2 Å². The van der Waals surface area contributed by atoms with Gasteiger partial charge in [-0.15, -0.1) is 0 Å². The van der Waals surface area contributed by atoms with Crippen LogP contribution in [0.4, 0.5) is 9.59 Å². The molecule has 2 amide bonds. The van der Waals surface area contributed by atoms with Crippen LogP contribution in [-0.4, -0.2) is 55.5 Å². The SMILES string of the molecule is CN(C(=O)OC(C)(C)C)[C@H](CNC(=O)OCc1ccccc1)CC1CCCOC1. The average Bonchev–Trinajstić information content (AvgIpc) is 2.69. The van der Waals surface area contributed by atoms with E-state index >= 15 is 0 Å². The molecule has 0 aliphatic carbocycles. The molecule has 1 aromatic rings. The lowest BCUT2D eigenvalue weighted by Gasteiger charge is -2.34. The van der Waals surface area contributed by atoms with Crippen LogP contribution in [0.5, 0.6) is 0 Å². The highest BCUT2D eigenvalue weighted by Crippen LogP contribution is 2.22. The molecule has 0 bridgehead atoms. The Hall–Kier alpha value is -2.28. The fourth-order valence-corrected chi connectivity index (χ4v) is 3.21. The normalized spacial score (nSPS) is 17.9. The van der Waals surface area contributed by atoms with Crippen LogP contribution in [0, 0.1) is 5.92 Å². The van der Waals surface area contributed by atoms with E-state index in [9.17, 15) is 9.59 Å². The molecule has 2 atom stereocenters. The van der Waals surface area contributed by atoms with Gasteiger partial charge in [0.25, 0.3) is 0 Å². The van der Waals surface area contributed by atoms with Crippen molar-refractivity contribution in [3.63, 3.8) is 0 Å². The van der Waals surface area contributed by atoms with Crippen LogP contribution in [0.1, 0.15) is 45.6 Å². The summed E-state index contributed by atoms with van der Waals surface area (Å²) in [5.41, 5.74) is 0.343. The van der Waals surface area contributed by atoms with Crippen LogP contribution in [0.2, 0.25) is 0 Å². The molecule has 0 aromatic heterocycles. The highest BCUT2D eigenvalue weighted by molar-refractivity contribution is 5.69. The molecular weight excluding hydrogens is 372 g/mol. The van der Waals surface area contributed by atoms with E-state index in [-0.39, 0.29) is 12.6 Å². The van der Waals surface area contributed by atoms with E-state index in [4.69, 9.17) is 14.2 Å². The van der Waals surface area contributed by atoms with Gasteiger partial charge in [0.15, 0.2) is 0 Å². The highest BCUT2D eigenvalue weighted by Gasteiger charge is 2.28. The van der Waals surface area contributed by atoms with E-state index in [2.05, 4.69) is 5.32 Å². The Morgan fingerprint density at radius 1 is 1.28 bits per heavy atom.